The van der Waals surface area contributed by atoms with E-state index in [2.05, 4.69) is 41.3 Å². The molecular formula is C15H21NS. The number of nitrogens with one attached hydrogen (secondary N) is 1. The van der Waals surface area contributed by atoms with Crippen molar-refractivity contribution in [2.45, 2.75) is 44.2 Å². The largest absolute Gasteiger partial charge is 0.310 e. The third kappa shape index (κ3) is 3.05. The third-order valence-electron chi connectivity index (χ3n) is 3.87. The Labute approximate surface area is 108 Å². The van der Waals surface area contributed by atoms with Gasteiger partial charge in [-0.2, -0.15) is 11.8 Å². The average Bonchev–Trinajstić information content (AvgIpc) is 3.22. The van der Waals surface area contributed by atoms with Crippen molar-refractivity contribution in [3.05, 3.63) is 35.4 Å². The van der Waals surface area contributed by atoms with E-state index in [9.17, 15) is 0 Å². The Bertz CT molecular complexity index is 367. The van der Waals surface area contributed by atoms with Crippen molar-refractivity contribution >= 4 is 11.8 Å². The first-order valence-corrected chi connectivity index (χ1v) is 7.98. The van der Waals surface area contributed by atoms with E-state index in [4.69, 9.17) is 0 Å². The van der Waals surface area contributed by atoms with Gasteiger partial charge in [0.1, 0.15) is 0 Å². The van der Waals surface area contributed by atoms with Crippen LogP contribution >= 0.6 is 11.8 Å². The van der Waals surface area contributed by atoms with Crippen LogP contribution in [-0.2, 0) is 6.54 Å². The van der Waals surface area contributed by atoms with Gasteiger partial charge < -0.3 is 5.32 Å². The van der Waals surface area contributed by atoms with Crippen molar-refractivity contribution < 1.29 is 0 Å². The second-order valence-corrected chi connectivity index (χ2v) is 6.47. The smallest absolute Gasteiger partial charge is 0.0210 e. The zero-order chi connectivity index (χ0) is 11.5. The van der Waals surface area contributed by atoms with Gasteiger partial charge in [0.2, 0.25) is 0 Å². The molecule has 0 amide bonds. The molecule has 1 saturated carbocycles. The normalized spacial score (nSPS) is 21.6. The summed E-state index contributed by atoms with van der Waals surface area (Å²) in [6, 6.07) is 9.75. The number of hydrogen-bond donors (Lipinski definition) is 1. The minimum absolute atomic E-state index is 0.753. The lowest BCUT2D eigenvalue weighted by molar-refractivity contribution is 0.481. The molecule has 2 fully saturated rings. The van der Waals surface area contributed by atoms with Gasteiger partial charge in [-0.25, -0.2) is 0 Å². The summed E-state index contributed by atoms with van der Waals surface area (Å²) in [6.07, 6.45) is 5.49. The summed E-state index contributed by atoms with van der Waals surface area (Å²) >= 11 is 2.10. The molecule has 1 heterocycles. The fourth-order valence-electron chi connectivity index (χ4n) is 2.64. The van der Waals surface area contributed by atoms with Crippen molar-refractivity contribution in [3.8, 4) is 0 Å². The highest BCUT2D eigenvalue weighted by Crippen LogP contribution is 2.41. The number of benzene rings is 1. The van der Waals surface area contributed by atoms with Gasteiger partial charge in [-0.1, -0.05) is 24.3 Å². The van der Waals surface area contributed by atoms with Gasteiger partial charge in [0.05, 0.1) is 0 Å². The molecule has 1 aromatic carbocycles. The summed E-state index contributed by atoms with van der Waals surface area (Å²) in [5, 5.41) is 3.75. The molecule has 1 aliphatic heterocycles. The molecule has 1 N–H and O–H groups in total. The molecule has 1 aromatic rings. The van der Waals surface area contributed by atoms with Crippen LogP contribution in [0.5, 0.6) is 0 Å². The van der Waals surface area contributed by atoms with Gasteiger partial charge in [-0.15, -0.1) is 0 Å². The quantitative estimate of drug-likeness (QED) is 0.873. The molecule has 2 heteroatoms. The number of thioether (sulfide) groups is 1. The minimum Gasteiger partial charge on any atom is -0.310 e. The summed E-state index contributed by atoms with van der Waals surface area (Å²) in [6.45, 7) is 1.07. The second kappa shape index (κ2) is 5.45. The molecule has 0 aromatic heterocycles. The van der Waals surface area contributed by atoms with Gasteiger partial charge >= 0.3 is 0 Å². The summed E-state index contributed by atoms with van der Waals surface area (Å²) < 4.78 is 0. The van der Waals surface area contributed by atoms with Crippen LogP contribution in [0.2, 0.25) is 0 Å². The standard InChI is InChI=1S/C15H21NS/c1-2-4-15(12-5-6-12)13(3-1)11-16-14-7-9-17-10-8-14/h1-4,12,14,16H,5-11H2. The number of hydrogen-bond acceptors (Lipinski definition) is 2. The Morgan fingerprint density at radius 2 is 1.82 bits per heavy atom. The lowest BCUT2D eigenvalue weighted by Gasteiger charge is -2.23. The molecule has 3 rings (SSSR count). The van der Waals surface area contributed by atoms with E-state index < -0.39 is 0 Å². The van der Waals surface area contributed by atoms with E-state index in [0.717, 1.165) is 18.5 Å². The molecule has 0 radical (unpaired) electrons. The summed E-state index contributed by atoms with van der Waals surface area (Å²) in [5.74, 6) is 3.54. The molecule has 1 aliphatic carbocycles. The second-order valence-electron chi connectivity index (χ2n) is 5.24. The summed E-state index contributed by atoms with van der Waals surface area (Å²) in [4.78, 5) is 0. The van der Waals surface area contributed by atoms with E-state index >= 15 is 0 Å². The fourth-order valence-corrected chi connectivity index (χ4v) is 3.75. The molecule has 0 spiro atoms. The van der Waals surface area contributed by atoms with Crippen LogP contribution in [0.3, 0.4) is 0 Å². The van der Waals surface area contributed by atoms with Crippen LogP contribution in [0.4, 0.5) is 0 Å². The molecule has 1 saturated heterocycles. The highest BCUT2D eigenvalue weighted by atomic mass is 32.2. The van der Waals surface area contributed by atoms with Crippen molar-refractivity contribution in [1.82, 2.24) is 5.32 Å². The van der Waals surface area contributed by atoms with Crippen molar-refractivity contribution in [1.29, 1.82) is 0 Å². The van der Waals surface area contributed by atoms with Gasteiger partial charge in [0.25, 0.3) is 0 Å². The first-order chi connectivity index (χ1) is 8.43. The van der Waals surface area contributed by atoms with Crippen LogP contribution in [0.25, 0.3) is 0 Å². The maximum Gasteiger partial charge on any atom is 0.0210 e. The van der Waals surface area contributed by atoms with Crippen molar-refractivity contribution in [3.63, 3.8) is 0 Å². The van der Waals surface area contributed by atoms with Crippen molar-refractivity contribution in [2.75, 3.05) is 11.5 Å². The summed E-state index contributed by atoms with van der Waals surface area (Å²) in [5.41, 5.74) is 3.14. The van der Waals surface area contributed by atoms with E-state index in [0.29, 0.717) is 0 Å². The highest BCUT2D eigenvalue weighted by Gasteiger charge is 2.25. The lowest BCUT2D eigenvalue weighted by atomic mass is 10.0. The third-order valence-corrected chi connectivity index (χ3v) is 4.92. The first-order valence-electron chi connectivity index (χ1n) is 6.82. The Morgan fingerprint density at radius 1 is 1.06 bits per heavy atom. The molecule has 92 valence electrons. The van der Waals surface area contributed by atoms with E-state index in [1.165, 1.54) is 42.8 Å². The monoisotopic (exact) mass is 247 g/mol. The predicted molar refractivity (Wildman–Crippen MR) is 75.6 cm³/mol. The Balaban J connectivity index is 1.60. The average molecular weight is 247 g/mol. The van der Waals surface area contributed by atoms with Crippen LogP contribution < -0.4 is 5.32 Å². The Morgan fingerprint density at radius 3 is 2.59 bits per heavy atom. The zero-order valence-electron chi connectivity index (χ0n) is 10.3. The van der Waals surface area contributed by atoms with Crippen LogP contribution in [0, 0.1) is 0 Å². The number of rotatable bonds is 4. The van der Waals surface area contributed by atoms with E-state index in [-0.39, 0.29) is 0 Å². The first kappa shape index (κ1) is 11.6. The maximum atomic E-state index is 3.75. The predicted octanol–water partition coefficient (Wildman–Crippen LogP) is 3.55. The van der Waals surface area contributed by atoms with E-state index in [1.54, 1.807) is 5.56 Å². The van der Waals surface area contributed by atoms with Crippen LogP contribution in [0.1, 0.15) is 42.7 Å². The van der Waals surface area contributed by atoms with Crippen LogP contribution in [-0.4, -0.2) is 17.5 Å². The molecule has 17 heavy (non-hydrogen) atoms. The Hall–Kier alpha value is -0.470. The highest BCUT2D eigenvalue weighted by molar-refractivity contribution is 7.99. The SMILES string of the molecule is c1ccc(C2CC2)c(CNC2CCSCC2)c1. The Kier molecular flexibility index (Phi) is 3.72. The topological polar surface area (TPSA) is 12.0 Å². The molecule has 0 bridgehead atoms. The summed E-state index contributed by atoms with van der Waals surface area (Å²) in [7, 11) is 0. The maximum absolute atomic E-state index is 3.75. The van der Waals surface area contributed by atoms with Gasteiger partial charge in [-0.05, 0) is 54.2 Å². The van der Waals surface area contributed by atoms with Gasteiger partial charge in [0.15, 0.2) is 0 Å². The zero-order valence-corrected chi connectivity index (χ0v) is 11.1. The van der Waals surface area contributed by atoms with Gasteiger partial charge in [-0.3, -0.25) is 0 Å². The molecule has 0 atom stereocenters. The molecular weight excluding hydrogens is 226 g/mol. The van der Waals surface area contributed by atoms with Gasteiger partial charge in [0, 0.05) is 12.6 Å². The fraction of sp³-hybridized carbons (Fsp3) is 0.600. The van der Waals surface area contributed by atoms with Crippen molar-refractivity contribution in [2.24, 2.45) is 0 Å². The van der Waals surface area contributed by atoms with Crippen LogP contribution in [0.15, 0.2) is 24.3 Å². The minimum atomic E-state index is 0.753. The molecule has 1 nitrogen and oxygen atoms in total. The molecule has 0 unspecified atom stereocenters. The molecule has 2 aliphatic rings. The lowest BCUT2D eigenvalue weighted by Crippen LogP contribution is -2.32. The van der Waals surface area contributed by atoms with E-state index in [1.807, 2.05) is 0 Å².